The molecule has 1 amide bonds. The molecule has 0 aliphatic carbocycles. The zero-order valence-corrected chi connectivity index (χ0v) is 17.4. The molecule has 170 valence electrons. The fourth-order valence-corrected chi connectivity index (χ4v) is 3.39. The molecule has 4 rings (SSSR count). The van der Waals surface area contributed by atoms with Gasteiger partial charge in [0.2, 0.25) is 5.88 Å². The Kier molecular flexibility index (Phi) is 6.21. The molecule has 3 N–H and O–H groups in total. The number of benzene rings is 2. The number of halogens is 3. The van der Waals surface area contributed by atoms with Gasteiger partial charge in [0.1, 0.15) is 11.3 Å². The van der Waals surface area contributed by atoms with Crippen molar-refractivity contribution in [3.63, 3.8) is 0 Å². The van der Waals surface area contributed by atoms with Crippen LogP contribution in [0.5, 0.6) is 0 Å². The lowest BCUT2D eigenvalue weighted by Crippen LogP contribution is -2.25. The summed E-state index contributed by atoms with van der Waals surface area (Å²) in [5, 5.41) is 6.60. The lowest BCUT2D eigenvalue weighted by Gasteiger charge is -2.07. The Labute approximate surface area is 187 Å². The Morgan fingerprint density at radius 2 is 1.76 bits per heavy atom. The largest absolute Gasteiger partial charge is 0.454 e. The maximum absolute atomic E-state index is 13.0. The Hall–Kier alpha value is -4.01. The number of anilines is 1. The highest BCUT2D eigenvalue weighted by atomic mass is 19.4. The summed E-state index contributed by atoms with van der Waals surface area (Å²) in [5.41, 5.74) is 6.50. The van der Waals surface area contributed by atoms with E-state index in [4.69, 9.17) is 14.7 Å². The molecular formula is C24H20F3N3O3. The van der Waals surface area contributed by atoms with E-state index in [0.29, 0.717) is 6.54 Å². The highest BCUT2D eigenvalue weighted by molar-refractivity contribution is 6.03. The van der Waals surface area contributed by atoms with E-state index in [1.54, 1.807) is 0 Å². The quantitative estimate of drug-likeness (QED) is 0.356. The predicted molar refractivity (Wildman–Crippen MR) is 116 cm³/mol. The molecule has 0 spiro atoms. The highest BCUT2D eigenvalue weighted by Crippen LogP contribution is 2.35. The number of hydrogen-bond donors (Lipinski definition) is 2. The lowest BCUT2D eigenvalue weighted by molar-refractivity contribution is -0.137. The van der Waals surface area contributed by atoms with Gasteiger partial charge in [0.05, 0.1) is 5.56 Å². The number of nitrogens with two attached hydrogens (primary N) is 1. The van der Waals surface area contributed by atoms with Gasteiger partial charge in [0.25, 0.3) is 5.91 Å². The number of amides is 1. The number of aryl methyl sites for hydroxylation is 1. The van der Waals surface area contributed by atoms with E-state index in [-0.39, 0.29) is 34.2 Å². The Bertz CT molecular complexity index is 1250. The molecule has 0 aliphatic heterocycles. The van der Waals surface area contributed by atoms with Crippen LogP contribution in [0.25, 0.3) is 22.8 Å². The minimum Gasteiger partial charge on any atom is -0.454 e. The van der Waals surface area contributed by atoms with Crippen molar-refractivity contribution in [3.8, 4) is 22.8 Å². The van der Waals surface area contributed by atoms with E-state index < -0.39 is 17.6 Å². The second-order valence-electron chi connectivity index (χ2n) is 7.36. The summed E-state index contributed by atoms with van der Waals surface area (Å²) < 4.78 is 49.7. The van der Waals surface area contributed by atoms with Crippen LogP contribution in [0.1, 0.15) is 27.9 Å². The third-order valence-electron chi connectivity index (χ3n) is 5.03. The molecule has 2 aromatic heterocycles. The van der Waals surface area contributed by atoms with Gasteiger partial charge in [-0.1, -0.05) is 47.6 Å². The van der Waals surface area contributed by atoms with Crippen molar-refractivity contribution < 1.29 is 26.9 Å². The molecule has 6 nitrogen and oxygen atoms in total. The van der Waals surface area contributed by atoms with E-state index in [9.17, 15) is 18.0 Å². The van der Waals surface area contributed by atoms with Crippen molar-refractivity contribution in [2.24, 2.45) is 0 Å². The number of nitrogen functional groups attached to an aromatic ring is 1. The lowest BCUT2D eigenvalue weighted by atomic mass is 10.1. The first kappa shape index (κ1) is 22.2. The number of furan rings is 1. The SMILES string of the molecule is Nc1onc(-c2ccc(-c3cccc(C(F)(F)F)c3)o2)c1C(=O)NCCCc1ccccc1. The summed E-state index contributed by atoms with van der Waals surface area (Å²) in [4.78, 5) is 12.7. The van der Waals surface area contributed by atoms with E-state index in [1.807, 2.05) is 30.3 Å². The van der Waals surface area contributed by atoms with Gasteiger partial charge in [-0.05, 0) is 42.7 Å². The smallest absolute Gasteiger partial charge is 0.416 e. The molecule has 0 aliphatic rings. The minimum absolute atomic E-state index is 0.0136. The molecule has 4 aromatic rings. The molecule has 33 heavy (non-hydrogen) atoms. The summed E-state index contributed by atoms with van der Waals surface area (Å²) in [7, 11) is 0. The molecule has 9 heteroatoms. The number of alkyl halides is 3. The number of aromatic nitrogens is 1. The predicted octanol–water partition coefficient (Wildman–Crippen LogP) is 5.57. The number of rotatable bonds is 7. The van der Waals surface area contributed by atoms with Gasteiger partial charge in [0.15, 0.2) is 11.5 Å². The monoisotopic (exact) mass is 455 g/mol. The number of carbonyl (C=O) groups excluding carboxylic acids is 1. The zero-order valence-electron chi connectivity index (χ0n) is 17.4. The number of nitrogens with zero attached hydrogens (tertiary/aromatic N) is 1. The van der Waals surface area contributed by atoms with E-state index in [2.05, 4.69) is 10.5 Å². The maximum atomic E-state index is 13.0. The Morgan fingerprint density at radius 1 is 1.00 bits per heavy atom. The number of carbonyl (C=O) groups is 1. The molecule has 2 heterocycles. The van der Waals surface area contributed by atoms with Gasteiger partial charge in [0, 0.05) is 12.1 Å². The van der Waals surface area contributed by atoms with E-state index in [0.717, 1.165) is 30.5 Å². The average molecular weight is 455 g/mol. The minimum atomic E-state index is -4.47. The first-order chi connectivity index (χ1) is 15.8. The van der Waals surface area contributed by atoms with Crippen LogP contribution in [0.3, 0.4) is 0 Å². The fourth-order valence-electron chi connectivity index (χ4n) is 3.39. The van der Waals surface area contributed by atoms with Gasteiger partial charge in [-0.3, -0.25) is 4.79 Å². The first-order valence-electron chi connectivity index (χ1n) is 10.2. The van der Waals surface area contributed by atoms with Crippen LogP contribution in [-0.2, 0) is 12.6 Å². The second-order valence-corrected chi connectivity index (χ2v) is 7.36. The summed E-state index contributed by atoms with van der Waals surface area (Å²) >= 11 is 0. The summed E-state index contributed by atoms with van der Waals surface area (Å²) in [6.45, 7) is 0.408. The van der Waals surface area contributed by atoms with Crippen LogP contribution >= 0.6 is 0 Å². The fraction of sp³-hybridized carbons (Fsp3) is 0.167. The van der Waals surface area contributed by atoms with Gasteiger partial charge in [-0.2, -0.15) is 13.2 Å². The second kappa shape index (κ2) is 9.23. The van der Waals surface area contributed by atoms with Crippen molar-refractivity contribution in [1.29, 1.82) is 0 Å². The van der Waals surface area contributed by atoms with Crippen LogP contribution < -0.4 is 11.1 Å². The normalized spacial score (nSPS) is 11.5. The van der Waals surface area contributed by atoms with Gasteiger partial charge in [-0.15, -0.1) is 0 Å². The molecule has 0 atom stereocenters. The van der Waals surface area contributed by atoms with E-state index >= 15 is 0 Å². The van der Waals surface area contributed by atoms with E-state index in [1.165, 1.54) is 24.3 Å². The molecule has 0 fully saturated rings. The molecular weight excluding hydrogens is 435 g/mol. The Balaban J connectivity index is 1.48. The topological polar surface area (TPSA) is 94.3 Å². The van der Waals surface area contributed by atoms with Gasteiger partial charge in [-0.25, -0.2) is 0 Å². The van der Waals surface area contributed by atoms with Crippen LogP contribution in [-0.4, -0.2) is 17.6 Å². The number of nitrogens with one attached hydrogen (secondary N) is 1. The van der Waals surface area contributed by atoms with Crippen LogP contribution in [0.2, 0.25) is 0 Å². The third kappa shape index (κ3) is 5.08. The van der Waals surface area contributed by atoms with Crippen molar-refractivity contribution in [1.82, 2.24) is 10.5 Å². The number of hydrogen-bond acceptors (Lipinski definition) is 5. The van der Waals surface area contributed by atoms with Crippen molar-refractivity contribution in [2.45, 2.75) is 19.0 Å². The van der Waals surface area contributed by atoms with Crippen molar-refractivity contribution in [3.05, 3.63) is 83.4 Å². The molecule has 0 saturated carbocycles. The molecule has 0 saturated heterocycles. The third-order valence-corrected chi connectivity index (χ3v) is 5.03. The molecule has 0 bridgehead atoms. The summed E-state index contributed by atoms with van der Waals surface area (Å²) in [6, 6.07) is 17.6. The molecule has 0 unspecified atom stereocenters. The van der Waals surface area contributed by atoms with Crippen LogP contribution in [0.15, 0.2) is 75.7 Å². The molecule has 2 aromatic carbocycles. The summed E-state index contributed by atoms with van der Waals surface area (Å²) in [6.07, 6.45) is -2.96. The summed E-state index contributed by atoms with van der Waals surface area (Å²) in [5.74, 6) is -0.319. The van der Waals surface area contributed by atoms with Gasteiger partial charge < -0.3 is 20.0 Å². The highest BCUT2D eigenvalue weighted by Gasteiger charge is 2.31. The average Bonchev–Trinajstić information content (AvgIpc) is 3.44. The Morgan fingerprint density at radius 3 is 2.52 bits per heavy atom. The first-order valence-corrected chi connectivity index (χ1v) is 10.2. The standard InChI is InChI=1S/C24H20F3N3O3/c25-24(26,27)17-10-4-9-16(14-17)18-11-12-19(32-18)21-20(22(28)33-30-21)23(31)29-13-5-8-15-6-2-1-3-7-15/h1-4,6-7,9-12,14H,5,8,13,28H2,(H,29,31). The van der Waals surface area contributed by atoms with Gasteiger partial charge >= 0.3 is 6.18 Å². The molecule has 0 radical (unpaired) electrons. The zero-order chi connectivity index (χ0) is 23.4. The van der Waals surface area contributed by atoms with Crippen LogP contribution in [0, 0.1) is 0 Å². The van der Waals surface area contributed by atoms with Crippen molar-refractivity contribution >= 4 is 11.8 Å². The maximum Gasteiger partial charge on any atom is 0.416 e. The van der Waals surface area contributed by atoms with Crippen molar-refractivity contribution in [2.75, 3.05) is 12.3 Å². The van der Waals surface area contributed by atoms with Crippen LogP contribution in [0.4, 0.5) is 19.1 Å².